The molecule has 1 aliphatic rings. The third kappa shape index (κ3) is 4.95. The Labute approximate surface area is 181 Å². The van der Waals surface area contributed by atoms with Gasteiger partial charge in [0.2, 0.25) is 0 Å². The van der Waals surface area contributed by atoms with E-state index < -0.39 is 23.8 Å². The molecule has 1 atom stereocenters. The fraction of sp³-hybridized carbons (Fsp3) is 0.318. The van der Waals surface area contributed by atoms with Crippen LogP contribution >= 0.6 is 0 Å². The fourth-order valence-corrected chi connectivity index (χ4v) is 3.67. The SMILES string of the molecule is CNC(=O)C(C(=O)NO)N(C)C(=O)c1ccc(N2CCN(c3ccccc3)CC2)cc1. The Kier molecular flexibility index (Phi) is 7.09. The van der Waals surface area contributed by atoms with Gasteiger partial charge in [-0.3, -0.25) is 19.6 Å². The summed E-state index contributed by atoms with van der Waals surface area (Å²) in [6, 6.07) is 15.9. The molecule has 3 rings (SSSR count). The molecular formula is C22H27N5O4. The van der Waals surface area contributed by atoms with Crippen molar-refractivity contribution in [3.63, 3.8) is 0 Å². The number of hydroxylamine groups is 1. The van der Waals surface area contributed by atoms with Crippen LogP contribution in [0.3, 0.4) is 0 Å². The minimum Gasteiger partial charge on any atom is -0.368 e. The van der Waals surface area contributed by atoms with Crippen molar-refractivity contribution in [1.29, 1.82) is 0 Å². The molecule has 9 nitrogen and oxygen atoms in total. The van der Waals surface area contributed by atoms with E-state index in [1.54, 1.807) is 12.1 Å². The summed E-state index contributed by atoms with van der Waals surface area (Å²) in [5.74, 6) is -2.18. The molecule has 3 N–H and O–H groups in total. The van der Waals surface area contributed by atoms with Crippen LogP contribution in [0.15, 0.2) is 54.6 Å². The molecule has 1 fully saturated rings. The van der Waals surface area contributed by atoms with Crippen molar-refractivity contribution in [2.45, 2.75) is 6.04 Å². The monoisotopic (exact) mass is 425 g/mol. The summed E-state index contributed by atoms with van der Waals surface area (Å²) in [6.07, 6.45) is 0. The van der Waals surface area contributed by atoms with Gasteiger partial charge in [-0.2, -0.15) is 0 Å². The summed E-state index contributed by atoms with van der Waals surface area (Å²) >= 11 is 0. The van der Waals surface area contributed by atoms with Gasteiger partial charge in [0.15, 0.2) is 6.04 Å². The van der Waals surface area contributed by atoms with Gasteiger partial charge >= 0.3 is 0 Å². The zero-order chi connectivity index (χ0) is 22.4. The average molecular weight is 425 g/mol. The number of piperazine rings is 1. The van der Waals surface area contributed by atoms with E-state index in [0.29, 0.717) is 5.56 Å². The Bertz CT molecular complexity index is 895. The summed E-state index contributed by atoms with van der Waals surface area (Å²) in [6.45, 7) is 3.52. The van der Waals surface area contributed by atoms with Crippen LogP contribution < -0.4 is 20.6 Å². The van der Waals surface area contributed by atoms with Crippen LogP contribution in [0.5, 0.6) is 0 Å². The number of rotatable bonds is 6. The zero-order valence-electron chi connectivity index (χ0n) is 17.6. The maximum atomic E-state index is 12.8. The number of likely N-dealkylation sites (N-methyl/N-ethyl adjacent to an activating group) is 2. The van der Waals surface area contributed by atoms with E-state index in [9.17, 15) is 14.4 Å². The molecule has 1 saturated heterocycles. The first kappa shape index (κ1) is 22.1. The molecule has 9 heteroatoms. The topological polar surface area (TPSA) is 105 Å². The van der Waals surface area contributed by atoms with Crippen LogP contribution in [-0.2, 0) is 9.59 Å². The summed E-state index contributed by atoms with van der Waals surface area (Å²) < 4.78 is 0. The Morgan fingerprint density at radius 2 is 1.39 bits per heavy atom. The molecule has 1 heterocycles. The zero-order valence-corrected chi connectivity index (χ0v) is 17.6. The van der Waals surface area contributed by atoms with Gasteiger partial charge in [0, 0.05) is 57.2 Å². The molecule has 31 heavy (non-hydrogen) atoms. The number of nitrogens with zero attached hydrogens (tertiary/aromatic N) is 3. The summed E-state index contributed by atoms with van der Waals surface area (Å²) in [7, 11) is 2.69. The Morgan fingerprint density at radius 1 is 0.871 bits per heavy atom. The molecule has 0 bridgehead atoms. The number of anilines is 2. The predicted molar refractivity (Wildman–Crippen MR) is 117 cm³/mol. The van der Waals surface area contributed by atoms with Crippen molar-refractivity contribution in [2.24, 2.45) is 0 Å². The molecule has 0 spiro atoms. The molecule has 0 radical (unpaired) electrons. The minimum atomic E-state index is -1.48. The summed E-state index contributed by atoms with van der Waals surface area (Å²) in [5, 5.41) is 11.2. The molecule has 2 aromatic carbocycles. The van der Waals surface area contributed by atoms with Gasteiger partial charge in [-0.25, -0.2) is 5.48 Å². The van der Waals surface area contributed by atoms with Crippen LogP contribution in [0.25, 0.3) is 0 Å². The van der Waals surface area contributed by atoms with Crippen molar-refractivity contribution in [1.82, 2.24) is 15.7 Å². The maximum Gasteiger partial charge on any atom is 0.275 e. The molecular weight excluding hydrogens is 398 g/mol. The number of amides is 3. The normalized spacial score (nSPS) is 14.5. The lowest BCUT2D eigenvalue weighted by molar-refractivity contribution is -0.140. The average Bonchev–Trinajstić information content (AvgIpc) is 2.84. The van der Waals surface area contributed by atoms with Gasteiger partial charge in [-0.05, 0) is 36.4 Å². The number of nitrogens with one attached hydrogen (secondary N) is 2. The van der Waals surface area contributed by atoms with Crippen molar-refractivity contribution in [3.05, 3.63) is 60.2 Å². The van der Waals surface area contributed by atoms with E-state index in [-0.39, 0.29) is 0 Å². The van der Waals surface area contributed by atoms with Crippen molar-refractivity contribution < 1.29 is 19.6 Å². The van der Waals surface area contributed by atoms with E-state index in [4.69, 9.17) is 5.21 Å². The molecule has 3 amide bonds. The number of hydrogen-bond donors (Lipinski definition) is 3. The highest BCUT2D eigenvalue weighted by atomic mass is 16.5. The maximum absolute atomic E-state index is 12.8. The lowest BCUT2D eigenvalue weighted by Crippen LogP contribution is -2.54. The highest BCUT2D eigenvalue weighted by Gasteiger charge is 2.33. The number of benzene rings is 2. The van der Waals surface area contributed by atoms with Gasteiger partial charge in [0.05, 0.1) is 0 Å². The highest BCUT2D eigenvalue weighted by molar-refractivity contribution is 6.08. The third-order valence-corrected chi connectivity index (χ3v) is 5.44. The number of para-hydroxylation sites is 1. The number of hydrogen-bond acceptors (Lipinski definition) is 6. The second-order valence-electron chi connectivity index (χ2n) is 7.27. The van der Waals surface area contributed by atoms with Gasteiger partial charge in [0.1, 0.15) is 0 Å². The first-order chi connectivity index (χ1) is 15.0. The van der Waals surface area contributed by atoms with Gasteiger partial charge in [-0.15, -0.1) is 0 Å². The number of carbonyl (C=O) groups is 3. The standard InChI is InChI=1S/C22H27N5O4/c1-23-20(28)19(21(29)24-31)25(2)22(30)16-8-10-18(11-9-16)27-14-12-26(13-15-27)17-6-4-3-5-7-17/h3-11,19,31H,12-15H2,1-2H3,(H,23,28)(H,24,29). The van der Waals surface area contributed by atoms with E-state index in [1.807, 2.05) is 30.3 Å². The summed E-state index contributed by atoms with van der Waals surface area (Å²) in [4.78, 5) is 42.2. The smallest absolute Gasteiger partial charge is 0.275 e. The number of carbonyl (C=O) groups excluding carboxylic acids is 3. The predicted octanol–water partition coefficient (Wildman–Crippen LogP) is 0.705. The minimum absolute atomic E-state index is 0.341. The van der Waals surface area contributed by atoms with E-state index in [0.717, 1.165) is 36.8 Å². The van der Waals surface area contributed by atoms with E-state index >= 15 is 0 Å². The van der Waals surface area contributed by atoms with Crippen molar-refractivity contribution in [3.8, 4) is 0 Å². The quantitative estimate of drug-likeness (QED) is 0.358. The van der Waals surface area contributed by atoms with Crippen LogP contribution in [0.2, 0.25) is 0 Å². The fourth-order valence-electron chi connectivity index (χ4n) is 3.67. The van der Waals surface area contributed by atoms with E-state index in [1.165, 1.54) is 25.3 Å². The molecule has 164 valence electrons. The first-order valence-corrected chi connectivity index (χ1v) is 10.0. The third-order valence-electron chi connectivity index (χ3n) is 5.44. The second kappa shape index (κ2) is 9.94. The van der Waals surface area contributed by atoms with Gasteiger partial charge in [0.25, 0.3) is 17.7 Å². The molecule has 0 aromatic heterocycles. The van der Waals surface area contributed by atoms with Crippen LogP contribution in [-0.4, -0.2) is 74.1 Å². The van der Waals surface area contributed by atoms with Crippen LogP contribution in [0, 0.1) is 0 Å². The second-order valence-corrected chi connectivity index (χ2v) is 7.27. The lowest BCUT2D eigenvalue weighted by atomic mass is 10.1. The molecule has 1 unspecified atom stereocenters. The van der Waals surface area contributed by atoms with Crippen molar-refractivity contribution in [2.75, 3.05) is 50.1 Å². The Hall–Kier alpha value is -3.59. The van der Waals surface area contributed by atoms with E-state index in [2.05, 4.69) is 27.2 Å². The van der Waals surface area contributed by atoms with Gasteiger partial charge < -0.3 is 20.0 Å². The van der Waals surface area contributed by atoms with Crippen LogP contribution in [0.1, 0.15) is 10.4 Å². The van der Waals surface area contributed by atoms with Crippen molar-refractivity contribution >= 4 is 29.1 Å². The van der Waals surface area contributed by atoms with Gasteiger partial charge in [-0.1, -0.05) is 18.2 Å². The molecule has 1 aliphatic heterocycles. The molecule has 2 aromatic rings. The Balaban J connectivity index is 1.65. The highest BCUT2D eigenvalue weighted by Crippen LogP contribution is 2.21. The van der Waals surface area contributed by atoms with Crippen LogP contribution in [0.4, 0.5) is 11.4 Å². The lowest BCUT2D eigenvalue weighted by Gasteiger charge is -2.37. The Morgan fingerprint density at radius 3 is 1.87 bits per heavy atom. The largest absolute Gasteiger partial charge is 0.368 e. The first-order valence-electron chi connectivity index (χ1n) is 10.0. The summed E-state index contributed by atoms with van der Waals surface area (Å²) in [5.41, 5.74) is 3.99. The molecule has 0 aliphatic carbocycles. The molecule has 0 saturated carbocycles.